The van der Waals surface area contributed by atoms with Crippen LogP contribution in [0.15, 0.2) is 23.1 Å². The lowest BCUT2D eigenvalue weighted by atomic mass is 10.2. The Hall–Kier alpha value is -1.64. The number of hydrogen-bond acceptors (Lipinski definition) is 6. The number of rotatable bonds is 7. The number of hydrogen-bond donors (Lipinski definition) is 2. The van der Waals surface area contributed by atoms with Crippen molar-refractivity contribution in [1.29, 1.82) is 0 Å². The number of methoxy groups -OCH3 is 1. The van der Waals surface area contributed by atoms with Crippen LogP contribution in [0.2, 0.25) is 0 Å². The zero-order chi connectivity index (χ0) is 16.0. The summed E-state index contributed by atoms with van der Waals surface area (Å²) in [6, 6.07) is 3.95. The molecule has 0 radical (unpaired) electrons. The maximum Gasteiger partial charge on any atom is 0.339 e. The second-order valence-electron chi connectivity index (χ2n) is 4.37. The van der Waals surface area contributed by atoms with Crippen LogP contribution >= 0.6 is 0 Å². The van der Waals surface area contributed by atoms with Gasteiger partial charge in [0.1, 0.15) is 0 Å². The van der Waals surface area contributed by atoms with Gasteiger partial charge in [-0.05, 0) is 32.0 Å². The molecule has 0 aromatic heterocycles. The minimum atomic E-state index is -3.86. The van der Waals surface area contributed by atoms with Gasteiger partial charge in [-0.15, -0.1) is 0 Å². The van der Waals surface area contributed by atoms with E-state index in [1.807, 2.05) is 6.92 Å². The molecule has 3 N–H and O–H groups in total. The summed E-state index contributed by atoms with van der Waals surface area (Å²) in [5.74, 6) is -0.763. The molecule has 21 heavy (non-hydrogen) atoms. The molecule has 7 nitrogen and oxygen atoms in total. The van der Waals surface area contributed by atoms with E-state index in [4.69, 9.17) is 10.5 Å². The molecule has 118 valence electrons. The molecule has 1 aromatic rings. The number of nitrogens with two attached hydrogens (primary N) is 1. The van der Waals surface area contributed by atoms with Gasteiger partial charge in [-0.1, -0.05) is 0 Å². The van der Waals surface area contributed by atoms with E-state index in [9.17, 15) is 13.2 Å². The molecule has 0 spiro atoms. The number of nitrogens with one attached hydrogen (secondary N) is 1. The Bertz CT molecular complexity index is 601. The summed E-state index contributed by atoms with van der Waals surface area (Å²) >= 11 is 0. The predicted molar refractivity (Wildman–Crippen MR) is 78.5 cm³/mol. The highest BCUT2D eigenvalue weighted by atomic mass is 32.2. The van der Waals surface area contributed by atoms with Crippen molar-refractivity contribution in [3.8, 4) is 0 Å². The first-order valence-corrected chi connectivity index (χ1v) is 7.89. The van der Waals surface area contributed by atoms with Crippen molar-refractivity contribution in [2.45, 2.75) is 24.8 Å². The molecule has 0 fully saturated rings. The van der Waals surface area contributed by atoms with Crippen LogP contribution in [0.5, 0.6) is 0 Å². The van der Waals surface area contributed by atoms with Crippen molar-refractivity contribution >= 4 is 21.7 Å². The minimum Gasteiger partial charge on any atom is -0.465 e. The molecule has 0 aliphatic heterocycles. The first-order valence-electron chi connectivity index (χ1n) is 6.41. The Morgan fingerprint density at radius 1 is 1.43 bits per heavy atom. The number of esters is 1. The van der Waals surface area contributed by atoms with Gasteiger partial charge >= 0.3 is 5.97 Å². The van der Waals surface area contributed by atoms with Gasteiger partial charge in [0.2, 0.25) is 10.0 Å². The van der Waals surface area contributed by atoms with Gasteiger partial charge < -0.3 is 15.2 Å². The van der Waals surface area contributed by atoms with E-state index in [0.29, 0.717) is 6.61 Å². The SMILES string of the molecule is CCOC(C)CNS(=O)(=O)c1ccc(N)cc1C(=O)OC. The third-order valence-corrected chi connectivity index (χ3v) is 4.19. The maximum absolute atomic E-state index is 12.3. The summed E-state index contributed by atoms with van der Waals surface area (Å²) < 4.78 is 36.8. The van der Waals surface area contributed by atoms with Gasteiger partial charge in [-0.2, -0.15) is 0 Å². The minimum absolute atomic E-state index is 0.0984. The molecule has 0 saturated heterocycles. The maximum atomic E-state index is 12.3. The average Bonchev–Trinajstić information content (AvgIpc) is 2.44. The fourth-order valence-corrected chi connectivity index (χ4v) is 2.99. The fourth-order valence-electron chi connectivity index (χ4n) is 1.70. The summed E-state index contributed by atoms with van der Waals surface area (Å²) in [6.45, 7) is 4.15. The van der Waals surface area contributed by atoms with E-state index in [1.54, 1.807) is 6.92 Å². The van der Waals surface area contributed by atoms with Crippen molar-refractivity contribution in [2.75, 3.05) is 26.0 Å². The third kappa shape index (κ3) is 4.69. The first-order chi connectivity index (χ1) is 9.81. The highest BCUT2D eigenvalue weighted by Crippen LogP contribution is 2.19. The molecule has 1 aromatic carbocycles. The van der Waals surface area contributed by atoms with Gasteiger partial charge in [0.05, 0.1) is 23.7 Å². The molecule has 0 aliphatic rings. The molecule has 0 heterocycles. The Morgan fingerprint density at radius 3 is 2.67 bits per heavy atom. The summed E-state index contributed by atoms with van der Waals surface area (Å²) in [5.41, 5.74) is 5.75. The predicted octanol–water partition coefficient (Wildman–Crippen LogP) is 0.759. The summed E-state index contributed by atoms with van der Waals surface area (Å²) in [5, 5.41) is 0. The second kappa shape index (κ2) is 7.39. The Labute approximate surface area is 124 Å². The summed E-state index contributed by atoms with van der Waals surface area (Å²) in [4.78, 5) is 11.5. The van der Waals surface area contributed by atoms with E-state index < -0.39 is 16.0 Å². The quantitative estimate of drug-likeness (QED) is 0.568. The number of ether oxygens (including phenoxy) is 2. The zero-order valence-corrected chi connectivity index (χ0v) is 13.1. The van der Waals surface area contributed by atoms with Crippen LogP contribution in [-0.2, 0) is 19.5 Å². The molecule has 8 heteroatoms. The number of anilines is 1. The van der Waals surface area contributed by atoms with Gasteiger partial charge in [0.25, 0.3) is 0 Å². The van der Waals surface area contributed by atoms with Crippen molar-refractivity contribution < 1.29 is 22.7 Å². The first kappa shape index (κ1) is 17.4. The molecule has 1 atom stereocenters. The standard InChI is InChI=1S/C13H20N2O5S/c1-4-20-9(2)8-15-21(17,18)12-6-5-10(14)7-11(12)13(16)19-3/h5-7,9,15H,4,8,14H2,1-3H3. The average molecular weight is 316 g/mol. The normalized spacial score (nSPS) is 12.9. The van der Waals surface area contributed by atoms with E-state index in [-0.39, 0.29) is 28.8 Å². The number of nitrogen functional groups attached to an aromatic ring is 1. The lowest BCUT2D eigenvalue weighted by molar-refractivity contribution is 0.0596. The molecule has 0 saturated carbocycles. The van der Waals surface area contributed by atoms with Gasteiger partial charge in [-0.3, -0.25) is 0 Å². The summed E-state index contributed by atoms with van der Waals surface area (Å²) in [6.07, 6.45) is -0.278. The number of carbonyl (C=O) groups excluding carboxylic acids is 1. The summed E-state index contributed by atoms with van der Waals surface area (Å²) in [7, 11) is -2.69. The van der Waals surface area contributed by atoms with E-state index in [0.717, 1.165) is 0 Å². The zero-order valence-electron chi connectivity index (χ0n) is 12.3. The lowest BCUT2D eigenvalue weighted by Gasteiger charge is -2.14. The highest BCUT2D eigenvalue weighted by Gasteiger charge is 2.23. The smallest absolute Gasteiger partial charge is 0.339 e. The van der Waals surface area contributed by atoms with Crippen LogP contribution in [0.1, 0.15) is 24.2 Å². The van der Waals surface area contributed by atoms with E-state index in [1.165, 1.54) is 25.3 Å². The van der Waals surface area contributed by atoms with Gasteiger partial charge in [-0.25, -0.2) is 17.9 Å². The van der Waals surface area contributed by atoms with E-state index >= 15 is 0 Å². The van der Waals surface area contributed by atoms with Crippen LogP contribution < -0.4 is 10.5 Å². The lowest BCUT2D eigenvalue weighted by Crippen LogP contribution is -2.33. The highest BCUT2D eigenvalue weighted by molar-refractivity contribution is 7.89. The molecule has 1 rings (SSSR count). The van der Waals surface area contributed by atoms with Gasteiger partial charge in [0.15, 0.2) is 0 Å². The largest absolute Gasteiger partial charge is 0.465 e. The van der Waals surface area contributed by atoms with Crippen LogP contribution in [0.4, 0.5) is 5.69 Å². The van der Waals surface area contributed by atoms with Crippen molar-refractivity contribution in [3.05, 3.63) is 23.8 Å². The third-order valence-electron chi connectivity index (χ3n) is 2.71. The number of benzene rings is 1. The Morgan fingerprint density at radius 2 is 2.10 bits per heavy atom. The molecule has 0 bridgehead atoms. The second-order valence-corrected chi connectivity index (χ2v) is 6.10. The Kier molecular flexibility index (Phi) is 6.13. The fraction of sp³-hybridized carbons (Fsp3) is 0.462. The van der Waals surface area contributed by atoms with Crippen LogP contribution in [0.25, 0.3) is 0 Å². The molecular formula is C13H20N2O5S. The van der Waals surface area contributed by atoms with Crippen molar-refractivity contribution in [2.24, 2.45) is 0 Å². The molecule has 1 unspecified atom stereocenters. The number of sulfonamides is 1. The number of carbonyl (C=O) groups is 1. The van der Waals surface area contributed by atoms with Crippen LogP contribution in [0, 0.1) is 0 Å². The van der Waals surface area contributed by atoms with Gasteiger partial charge in [0, 0.05) is 18.8 Å². The molecule has 0 aliphatic carbocycles. The molecular weight excluding hydrogens is 296 g/mol. The van der Waals surface area contributed by atoms with Crippen LogP contribution in [-0.4, -0.2) is 40.8 Å². The molecule has 0 amide bonds. The monoisotopic (exact) mass is 316 g/mol. The Balaban J connectivity index is 3.05. The van der Waals surface area contributed by atoms with Crippen molar-refractivity contribution in [1.82, 2.24) is 4.72 Å². The van der Waals surface area contributed by atoms with Crippen LogP contribution in [0.3, 0.4) is 0 Å². The van der Waals surface area contributed by atoms with Crippen molar-refractivity contribution in [3.63, 3.8) is 0 Å². The topological polar surface area (TPSA) is 108 Å². The van der Waals surface area contributed by atoms with E-state index in [2.05, 4.69) is 9.46 Å².